The van der Waals surface area contributed by atoms with Gasteiger partial charge in [-0.3, -0.25) is 4.79 Å². The number of amides is 1. The Hall–Kier alpha value is -2.48. The smallest absolute Gasteiger partial charge is 0.327 e. The van der Waals surface area contributed by atoms with Crippen molar-refractivity contribution in [2.75, 3.05) is 0 Å². The standard InChI is InChI=1S/C13H13NO4/c1-2-5-10(13(17)18)14-12(16)8-9-6-3-4-7-11(9)15/h1,3-4,6-7,10,15H,5,8H2,(H,14,16)(H,17,18). The lowest BCUT2D eigenvalue weighted by Gasteiger charge is -2.12. The second-order valence-electron chi connectivity index (χ2n) is 3.67. The van der Waals surface area contributed by atoms with Crippen molar-refractivity contribution in [2.24, 2.45) is 0 Å². The zero-order valence-electron chi connectivity index (χ0n) is 9.59. The molecule has 1 atom stereocenters. The van der Waals surface area contributed by atoms with Crippen molar-refractivity contribution in [2.45, 2.75) is 18.9 Å². The molecule has 1 unspecified atom stereocenters. The predicted octanol–water partition coefficient (Wildman–Crippen LogP) is 0.527. The van der Waals surface area contributed by atoms with Crippen molar-refractivity contribution in [1.82, 2.24) is 5.32 Å². The number of aromatic hydroxyl groups is 1. The van der Waals surface area contributed by atoms with Gasteiger partial charge in [-0.15, -0.1) is 12.3 Å². The first kappa shape index (κ1) is 13.6. The SMILES string of the molecule is C#CCC(NC(=O)Cc1ccccc1O)C(=O)O. The molecule has 18 heavy (non-hydrogen) atoms. The van der Waals surface area contributed by atoms with Gasteiger partial charge in [0.1, 0.15) is 11.8 Å². The highest BCUT2D eigenvalue weighted by atomic mass is 16.4. The zero-order valence-corrected chi connectivity index (χ0v) is 9.59. The molecule has 0 heterocycles. The van der Waals surface area contributed by atoms with Crippen LogP contribution in [-0.2, 0) is 16.0 Å². The van der Waals surface area contributed by atoms with Gasteiger partial charge in [-0.25, -0.2) is 4.79 Å². The van der Waals surface area contributed by atoms with E-state index in [1.54, 1.807) is 18.2 Å². The quantitative estimate of drug-likeness (QED) is 0.662. The van der Waals surface area contributed by atoms with Crippen LogP contribution in [0.25, 0.3) is 0 Å². The minimum absolute atomic E-state index is 0.00326. The van der Waals surface area contributed by atoms with E-state index in [0.29, 0.717) is 5.56 Å². The lowest BCUT2D eigenvalue weighted by atomic mass is 10.1. The zero-order chi connectivity index (χ0) is 13.5. The molecule has 0 saturated carbocycles. The van der Waals surface area contributed by atoms with Crippen molar-refractivity contribution in [3.63, 3.8) is 0 Å². The number of carboxylic acid groups (broad SMARTS) is 1. The van der Waals surface area contributed by atoms with Crippen molar-refractivity contribution >= 4 is 11.9 Å². The van der Waals surface area contributed by atoms with Crippen LogP contribution in [-0.4, -0.2) is 28.1 Å². The Morgan fingerprint density at radius 3 is 2.61 bits per heavy atom. The van der Waals surface area contributed by atoms with Crippen LogP contribution < -0.4 is 5.32 Å². The molecule has 1 amide bonds. The van der Waals surface area contributed by atoms with Crippen LogP contribution in [0.1, 0.15) is 12.0 Å². The van der Waals surface area contributed by atoms with E-state index < -0.39 is 17.9 Å². The van der Waals surface area contributed by atoms with Gasteiger partial charge in [0.2, 0.25) is 5.91 Å². The van der Waals surface area contributed by atoms with Gasteiger partial charge in [-0.2, -0.15) is 0 Å². The minimum atomic E-state index is -1.18. The van der Waals surface area contributed by atoms with Gasteiger partial charge in [0, 0.05) is 12.0 Å². The summed E-state index contributed by atoms with van der Waals surface area (Å²) in [6.07, 6.45) is 4.84. The van der Waals surface area contributed by atoms with Crippen molar-refractivity contribution in [3.8, 4) is 18.1 Å². The molecule has 5 nitrogen and oxygen atoms in total. The van der Waals surface area contributed by atoms with Crippen LogP contribution in [0.4, 0.5) is 0 Å². The Bertz CT molecular complexity index is 490. The maximum Gasteiger partial charge on any atom is 0.327 e. The molecule has 1 aromatic carbocycles. The number of hydrogen-bond donors (Lipinski definition) is 3. The molecule has 0 radical (unpaired) electrons. The molecule has 1 aromatic rings. The third kappa shape index (κ3) is 3.83. The number of para-hydroxylation sites is 1. The number of phenolic OH excluding ortho intramolecular Hbond substituents is 1. The highest BCUT2D eigenvalue weighted by Crippen LogP contribution is 2.15. The molecule has 0 fully saturated rings. The summed E-state index contributed by atoms with van der Waals surface area (Å²) in [4.78, 5) is 22.4. The molecular formula is C13H13NO4. The fourth-order valence-corrected chi connectivity index (χ4v) is 1.40. The van der Waals surface area contributed by atoms with E-state index in [4.69, 9.17) is 11.5 Å². The molecule has 0 aliphatic heterocycles. The Morgan fingerprint density at radius 1 is 1.39 bits per heavy atom. The number of carbonyl (C=O) groups excluding carboxylic acids is 1. The molecule has 0 aliphatic rings. The summed E-state index contributed by atoms with van der Waals surface area (Å²) < 4.78 is 0. The topological polar surface area (TPSA) is 86.6 Å². The van der Waals surface area contributed by atoms with E-state index >= 15 is 0 Å². The largest absolute Gasteiger partial charge is 0.508 e. The van der Waals surface area contributed by atoms with Gasteiger partial charge in [-0.05, 0) is 6.07 Å². The Kier molecular flexibility index (Phi) is 4.76. The average Bonchev–Trinajstić information content (AvgIpc) is 2.31. The van der Waals surface area contributed by atoms with Gasteiger partial charge >= 0.3 is 5.97 Å². The van der Waals surface area contributed by atoms with Crippen LogP contribution >= 0.6 is 0 Å². The Labute approximate surface area is 104 Å². The van der Waals surface area contributed by atoms with E-state index in [1.165, 1.54) is 6.07 Å². The number of carbonyl (C=O) groups is 2. The van der Waals surface area contributed by atoms with Crippen LogP contribution in [0.15, 0.2) is 24.3 Å². The normalized spacial score (nSPS) is 11.3. The lowest BCUT2D eigenvalue weighted by Crippen LogP contribution is -2.41. The van der Waals surface area contributed by atoms with Gasteiger partial charge < -0.3 is 15.5 Å². The Balaban J connectivity index is 2.64. The molecular weight excluding hydrogens is 234 g/mol. The van der Waals surface area contributed by atoms with Crippen LogP contribution in [0.2, 0.25) is 0 Å². The molecule has 0 aliphatic carbocycles. The van der Waals surface area contributed by atoms with Gasteiger partial charge in [0.05, 0.1) is 6.42 Å². The van der Waals surface area contributed by atoms with Gasteiger partial charge in [-0.1, -0.05) is 18.2 Å². The van der Waals surface area contributed by atoms with Crippen LogP contribution in [0.5, 0.6) is 5.75 Å². The van der Waals surface area contributed by atoms with Gasteiger partial charge in [0.25, 0.3) is 0 Å². The second kappa shape index (κ2) is 6.30. The van der Waals surface area contributed by atoms with E-state index in [1.807, 2.05) is 0 Å². The maximum absolute atomic E-state index is 11.6. The van der Waals surface area contributed by atoms with Crippen molar-refractivity contribution < 1.29 is 19.8 Å². The molecule has 0 bridgehead atoms. The summed E-state index contributed by atoms with van der Waals surface area (Å²) in [7, 11) is 0. The first-order chi connectivity index (χ1) is 8.54. The summed E-state index contributed by atoms with van der Waals surface area (Å²) in [5.41, 5.74) is 0.430. The highest BCUT2D eigenvalue weighted by Gasteiger charge is 2.19. The number of aliphatic carboxylic acids is 1. The highest BCUT2D eigenvalue weighted by molar-refractivity contribution is 5.85. The number of terminal acetylenes is 1. The fourth-order valence-electron chi connectivity index (χ4n) is 1.40. The first-order valence-electron chi connectivity index (χ1n) is 5.27. The number of hydrogen-bond acceptors (Lipinski definition) is 3. The van der Waals surface area contributed by atoms with Crippen molar-refractivity contribution in [1.29, 1.82) is 0 Å². The number of benzene rings is 1. The van der Waals surface area contributed by atoms with Gasteiger partial charge in [0.15, 0.2) is 0 Å². The molecule has 5 heteroatoms. The van der Waals surface area contributed by atoms with E-state index in [-0.39, 0.29) is 18.6 Å². The molecule has 1 rings (SSSR count). The van der Waals surface area contributed by atoms with E-state index in [2.05, 4.69) is 11.2 Å². The summed E-state index contributed by atoms with van der Waals surface area (Å²) in [6, 6.07) is 5.26. The molecule has 0 spiro atoms. The number of rotatable bonds is 5. The predicted molar refractivity (Wildman–Crippen MR) is 64.8 cm³/mol. The van der Waals surface area contributed by atoms with Crippen molar-refractivity contribution in [3.05, 3.63) is 29.8 Å². The number of carboxylic acids is 1. The monoisotopic (exact) mass is 247 g/mol. The number of nitrogens with one attached hydrogen (secondary N) is 1. The second-order valence-corrected chi connectivity index (χ2v) is 3.67. The van der Waals surface area contributed by atoms with E-state index in [9.17, 15) is 14.7 Å². The third-order valence-electron chi connectivity index (χ3n) is 2.30. The van der Waals surface area contributed by atoms with E-state index in [0.717, 1.165) is 0 Å². The Morgan fingerprint density at radius 2 is 2.06 bits per heavy atom. The van der Waals surface area contributed by atoms with Crippen LogP contribution in [0.3, 0.4) is 0 Å². The molecule has 0 saturated heterocycles. The molecule has 0 aromatic heterocycles. The van der Waals surface area contributed by atoms with Crippen LogP contribution in [0, 0.1) is 12.3 Å². The molecule has 94 valence electrons. The lowest BCUT2D eigenvalue weighted by molar-refractivity contribution is -0.141. The third-order valence-corrected chi connectivity index (χ3v) is 2.30. The minimum Gasteiger partial charge on any atom is -0.508 e. The summed E-state index contributed by atoms with van der Waals surface area (Å²) >= 11 is 0. The average molecular weight is 247 g/mol. The summed E-state index contributed by atoms with van der Waals surface area (Å²) in [5.74, 6) is 0.499. The summed E-state index contributed by atoms with van der Waals surface area (Å²) in [5, 5.41) is 20.6. The molecule has 3 N–H and O–H groups in total. The number of phenols is 1. The summed E-state index contributed by atoms with van der Waals surface area (Å²) in [6.45, 7) is 0. The first-order valence-corrected chi connectivity index (χ1v) is 5.27. The maximum atomic E-state index is 11.6. The fraction of sp³-hybridized carbons (Fsp3) is 0.231.